The fourth-order valence-corrected chi connectivity index (χ4v) is 2.75. The molecule has 0 saturated heterocycles. The van der Waals surface area contributed by atoms with Crippen LogP contribution in [0, 0.1) is 11.6 Å². The lowest BCUT2D eigenvalue weighted by Gasteiger charge is -2.07. The molecule has 7 heteroatoms. The Morgan fingerprint density at radius 3 is 2.70 bits per heavy atom. The van der Waals surface area contributed by atoms with Crippen LogP contribution in [0.15, 0.2) is 36.4 Å². The fourth-order valence-electron chi connectivity index (χ4n) is 2.75. The highest BCUT2D eigenvalue weighted by Crippen LogP contribution is 2.25. The first-order valence-corrected chi connectivity index (χ1v) is 8.73. The van der Waals surface area contributed by atoms with E-state index in [0.29, 0.717) is 22.6 Å². The first-order chi connectivity index (χ1) is 13.1. The molecule has 0 radical (unpaired) electrons. The van der Waals surface area contributed by atoms with Crippen molar-refractivity contribution in [2.75, 3.05) is 11.9 Å². The molecule has 0 aliphatic heterocycles. The van der Waals surface area contributed by atoms with Crippen LogP contribution < -0.4 is 10.6 Å². The fraction of sp³-hybridized carbons (Fsp3) is 0.200. The molecule has 0 atom stereocenters. The van der Waals surface area contributed by atoms with E-state index in [4.69, 9.17) is 0 Å². The van der Waals surface area contributed by atoms with E-state index in [1.54, 1.807) is 30.4 Å². The molecule has 3 N–H and O–H groups in total. The van der Waals surface area contributed by atoms with Crippen molar-refractivity contribution in [2.45, 2.75) is 18.9 Å². The van der Waals surface area contributed by atoms with Crippen LogP contribution in [0.1, 0.15) is 24.1 Å². The van der Waals surface area contributed by atoms with Crippen LogP contribution in [0.5, 0.6) is 0 Å². The molecule has 5 nitrogen and oxygen atoms in total. The molecule has 3 aromatic rings. The van der Waals surface area contributed by atoms with Crippen LogP contribution in [-0.4, -0.2) is 28.7 Å². The summed E-state index contributed by atoms with van der Waals surface area (Å²) in [6.45, 7) is 0.158. The minimum absolute atomic E-state index is 0.114. The number of carbonyl (C=O) groups excluding carboxylic acids is 1. The molecule has 1 aliphatic rings. The second kappa shape index (κ2) is 7.28. The molecule has 27 heavy (non-hydrogen) atoms. The number of hydrogen-bond acceptors (Lipinski definition) is 3. The van der Waals surface area contributed by atoms with E-state index in [0.717, 1.165) is 18.4 Å². The summed E-state index contributed by atoms with van der Waals surface area (Å²) in [5, 5.41) is 13.3. The molecule has 1 aliphatic carbocycles. The van der Waals surface area contributed by atoms with E-state index in [1.807, 2.05) is 0 Å². The molecule has 4 rings (SSSR count). The SMILES string of the molecule is O=C(CNC1CC1)Nc1cc2c(C=Cc3ccc(F)cc3)n[nH]c2cc1F. The molecular formula is C20H18F2N4O. The highest BCUT2D eigenvalue weighted by Gasteiger charge is 2.21. The van der Waals surface area contributed by atoms with Crippen LogP contribution in [0.3, 0.4) is 0 Å². The normalized spacial score (nSPS) is 14.1. The Hall–Kier alpha value is -3.06. The summed E-state index contributed by atoms with van der Waals surface area (Å²) in [4.78, 5) is 12.0. The van der Waals surface area contributed by atoms with Gasteiger partial charge in [0.1, 0.15) is 11.6 Å². The maximum absolute atomic E-state index is 14.3. The van der Waals surface area contributed by atoms with Crippen molar-refractivity contribution in [3.63, 3.8) is 0 Å². The average Bonchev–Trinajstić information content (AvgIpc) is 3.41. The molecule has 1 amide bonds. The molecular weight excluding hydrogens is 350 g/mol. The highest BCUT2D eigenvalue weighted by molar-refractivity contribution is 5.97. The minimum atomic E-state index is -0.528. The Balaban J connectivity index is 1.55. The van der Waals surface area contributed by atoms with Gasteiger partial charge in [-0.3, -0.25) is 9.89 Å². The molecule has 0 unspecified atom stereocenters. The Kier molecular flexibility index (Phi) is 4.68. The molecule has 138 valence electrons. The summed E-state index contributed by atoms with van der Waals surface area (Å²) in [5.41, 5.74) is 2.05. The topological polar surface area (TPSA) is 69.8 Å². The lowest BCUT2D eigenvalue weighted by atomic mass is 10.1. The number of carbonyl (C=O) groups is 1. The lowest BCUT2D eigenvalue weighted by Crippen LogP contribution is -2.29. The molecule has 1 aromatic heterocycles. The number of fused-ring (bicyclic) bond motifs is 1. The summed E-state index contributed by atoms with van der Waals surface area (Å²) in [7, 11) is 0. The summed E-state index contributed by atoms with van der Waals surface area (Å²) in [5.74, 6) is -1.11. The predicted molar refractivity (Wildman–Crippen MR) is 101 cm³/mol. The van der Waals surface area contributed by atoms with Gasteiger partial charge in [0.15, 0.2) is 0 Å². The van der Waals surface area contributed by atoms with Gasteiger partial charge < -0.3 is 10.6 Å². The van der Waals surface area contributed by atoms with Crippen molar-refractivity contribution >= 4 is 34.6 Å². The average molecular weight is 368 g/mol. The van der Waals surface area contributed by atoms with Crippen molar-refractivity contribution < 1.29 is 13.6 Å². The van der Waals surface area contributed by atoms with E-state index >= 15 is 0 Å². The molecule has 1 saturated carbocycles. The third-order valence-corrected chi connectivity index (χ3v) is 4.39. The van der Waals surface area contributed by atoms with Crippen LogP contribution in [0.25, 0.3) is 23.1 Å². The number of halogens is 2. The number of aromatic amines is 1. The Morgan fingerprint density at radius 2 is 1.96 bits per heavy atom. The number of aromatic nitrogens is 2. The lowest BCUT2D eigenvalue weighted by molar-refractivity contribution is -0.115. The maximum atomic E-state index is 14.3. The molecule has 0 bridgehead atoms. The van der Waals surface area contributed by atoms with Crippen molar-refractivity contribution in [1.29, 1.82) is 0 Å². The van der Waals surface area contributed by atoms with Crippen molar-refractivity contribution in [3.05, 3.63) is 59.3 Å². The zero-order chi connectivity index (χ0) is 18.8. The predicted octanol–water partition coefficient (Wildman–Crippen LogP) is 3.70. The Labute approximate surface area is 154 Å². The smallest absolute Gasteiger partial charge is 0.238 e. The maximum Gasteiger partial charge on any atom is 0.238 e. The van der Waals surface area contributed by atoms with Gasteiger partial charge >= 0.3 is 0 Å². The second-order valence-corrected chi connectivity index (χ2v) is 6.57. The number of nitrogens with one attached hydrogen (secondary N) is 3. The highest BCUT2D eigenvalue weighted by atomic mass is 19.1. The van der Waals surface area contributed by atoms with Crippen LogP contribution in [0.2, 0.25) is 0 Å². The van der Waals surface area contributed by atoms with Crippen LogP contribution >= 0.6 is 0 Å². The zero-order valence-electron chi connectivity index (χ0n) is 14.4. The van der Waals surface area contributed by atoms with Crippen molar-refractivity contribution in [1.82, 2.24) is 15.5 Å². The number of nitrogens with zero attached hydrogens (tertiary/aromatic N) is 1. The van der Waals surface area contributed by atoms with Crippen molar-refractivity contribution in [3.8, 4) is 0 Å². The molecule has 2 aromatic carbocycles. The Morgan fingerprint density at radius 1 is 1.19 bits per heavy atom. The largest absolute Gasteiger partial charge is 0.322 e. The van der Waals surface area contributed by atoms with E-state index in [2.05, 4.69) is 20.8 Å². The molecule has 1 heterocycles. The van der Waals surface area contributed by atoms with Crippen molar-refractivity contribution in [2.24, 2.45) is 0 Å². The van der Waals surface area contributed by atoms with Gasteiger partial charge in [0.25, 0.3) is 0 Å². The quantitative estimate of drug-likeness (QED) is 0.621. The van der Waals surface area contributed by atoms with Gasteiger partial charge in [0.05, 0.1) is 23.4 Å². The summed E-state index contributed by atoms with van der Waals surface area (Å²) < 4.78 is 27.2. The number of benzene rings is 2. The summed E-state index contributed by atoms with van der Waals surface area (Å²) >= 11 is 0. The van der Waals surface area contributed by atoms with Gasteiger partial charge in [-0.1, -0.05) is 18.2 Å². The van der Waals surface area contributed by atoms with Gasteiger partial charge in [-0.25, -0.2) is 8.78 Å². The van der Waals surface area contributed by atoms with Gasteiger partial charge in [-0.15, -0.1) is 0 Å². The number of rotatable bonds is 6. The van der Waals surface area contributed by atoms with Crippen LogP contribution in [0.4, 0.5) is 14.5 Å². The minimum Gasteiger partial charge on any atom is -0.322 e. The summed E-state index contributed by atoms with van der Waals surface area (Å²) in [6.07, 6.45) is 5.69. The van der Waals surface area contributed by atoms with Gasteiger partial charge in [-0.05, 0) is 42.7 Å². The number of amides is 1. The summed E-state index contributed by atoms with van der Waals surface area (Å²) in [6, 6.07) is 9.33. The molecule has 0 spiro atoms. The van der Waals surface area contributed by atoms with Gasteiger partial charge in [0.2, 0.25) is 5.91 Å². The van der Waals surface area contributed by atoms with Crippen LogP contribution in [-0.2, 0) is 4.79 Å². The standard InChI is InChI=1S/C20H18F2N4O/c21-13-4-1-12(2-5-13)3-8-17-15-9-19(16(22)10-18(15)26-25-17)24-20(27)11-23-14-6-7-14/h1-5,8-10,14,23H,6-7,11H2,(H,24,27)(H,25,26). The van der Waals surface area contributed by atoms with E-state index in [1.165, 1.54) is 18.2 Å². The number of H-pyrrole nitrogens is 1. The first kappa shape index (κ1) is 17.4. The van der Waals surface area contributed by atoms with Gasteiger partial charge in [-0.2, -0.15) is 5.10 Å². The third kappa shape index (κ3) is 4.20. The Bertz CT molecular complexity index is 1010. The van der Waals surface area contributed by atoms with Gasteiger partial charge in [0, 0.05) is 17.5 Å². The second-order valence-electron chi connectivity index (χ2n) is 6.57. The monoisotopic (exact) mass is 368 g/mol. The number of hydrogen-bond donors (Lipinski definition) is 3. The number of anilines is 1. The van der Waals surface area contributed by atoms with E-state index in [-0.39, 0.29) is 24.0 Å². The van der Waals surface area contributed by atoms with E-state index in [9.17, 15) is 13.6 Å². The zero-order valence-corrected chi connectivity index (χ0v) is 14.4. The van der Waals surface area contributed by atoms with E-state index < -0.39 is 5.82 Å². The first-order valence-electron chi connectivity index (χ1n) is 8.73. The molecule has 1 fully saturated rings. The third-order valence-electron chi connectivity index (χ3n) is 4.39.